The number of para-hydroxylation sites is 1. The molecule has 7 nitrogen and oxygen atoms in total. The standard InChI is InChI=1S/C25H33N3O4S/c1-3-32-15-18(29)13-28(17-9-5-4-6-10-17)14-22-26-24(30)23-20(16-33-25(23)27-22)19-11-7-8-12-21(19)31-2/h7-8,11-12,16-18,29H,3-6,9-10,13-15H2,1-2H3,(H,26,27,30). The summed E-state index contributed by atoms with van der Waals surface area (Å²) < 4.78 is 10.9. The van der Waals surface area contributed by atoms with Crippen molar-refractivity contribution in [2.45, 2.75) is 57.7 Å². The number of fused-ring (bicyclic) bond motifs is 1. The zero-order valence-corrected chi connectivity index (χ0v) is 20.2. The van der Waals surface area contributed by atoms with E-state index in [4.69, 9.17) is 14.5 Å². The molecule has 1 aliphatic carbocycles. The highest BCUT2D eigenvalue weighted by molar-refractivity contribution is 7.17. The number of hydrogen-bond donors (Lipinski definition) is 2. The first-order valence-corrected chi connectivity index (χ1v) is 12.6. The highest BCUT2D eigenvalue weighted by Gasteiger charge is 2.25. The largest absolute Gasteiger partial charge is 0.496 e. The van der Waals surface area contributed by atoms with Crippen LogP contribution in [0, 0.1) is 0 Å². The Bertz CT molecular complexity index is 1110. The molecule has 4 rings (SSSR count). The van der Waals surface area contributed by atoms with Gasteiger partial charge in [0.15, 0.2) is 0 Å². The number of methoxy groups -OCH3 is 1. The SMILES string of the molecule is CCOCC(O)CN(Cc1nc2scc(-c3ccccc3OC)c2c(=O)[nH]1)C1CCCCC1. The molecular formula is C25H33N3O4S. The van der Waals surface area contributed by atoms with Crippen LogP contribution in [-0.2, 0) is 11.3 Å². The number of benzene rings is 1. The molecule has 1 atom stereocenters. The first-order valence-electron chi connectivity index (χ1n) is 11.7. The average Bonchev–Trinajstić information content (AvgIpc) is 3.27. The van der Waals surface area contributed by atoms with Gasteiger partial charge >= 0.3 is 0 Å². The smallest absolute Gasteiger partial charge is 0.260 e. The van der Waals surface area contributed by atoms with E-state index in [-0.39, 0.29) is 5.56 Å². The van der Waals surface area contributed by atoms with Crippen molar-refractivity contribution in [1.29, 1.82) is 0 Å². The number of aliphatic hydroxyl groups is 1. The normalized spacial score (nSPS) is 15.9. The fraction of sp³-hybridized carbons (Fsp3) is 0.520. The van der Waals surface area contributed by atoms with Crippen molar-refractivity contribution in [1.82, 2.24) is 14.9 Å². The predicted molar refractivity (Wildman–Crippen MR) is 132 cm³/mol. The van der Waals surface area contributed by atoms with Gasteiger partial charge in [-0.15, -0.1) is 11.3 Å². The Morgan fingerprint density at radius 3 is 2.79 bits per heavy atom. The molecule has 1 fully saturated rings. The topological polar surface area (TPSA) is 87.7 Å². The van der Waals surface area contributed by atoms with Crippen molar-refractivity contribution in [3.05, 3.63) is 45.8 Å². The second-order valence-electron chi connectivity index (χ2n) is 8.58. The monoisotopic (exact) mass is 471 g/mol. The van der Waals surface area contributed by atoms with E-state index in [2.05, 4.69) is 9.88 Å². The predicted octanol–water partition coefficient (Wildman–Crippen LogP) is 4.19. The van der Waals surface area contributed by atoms with E-state index < -0.39 is 6.10 Å². The molecule has 1 unspecified atom stereocenters. The number of H-pyrrole nitrogens is 1. The summed E-state index contributed by atoms with van der Waals surface area (Å²) in [5.74, 6) is 1.36. The van der Waals surface area contributed by atoms with E-state index in [0.29, 0.717) is 48.4 Å². The molecule has 0 aliphatic heterocycles. The van der Waals surface area contributed by atoms with Crippen molar-refractivity contribution in [3.8, 4) is 16.9 Å². The molecule has 0 saturated heterocycles. The van der Waals surface area contributed by atoms with Crippen molar-refractivity contribution in [2.24, 2.45) is 0 Å². The molecule has 0 spiro atoms. The molecule has 0 amide bonds. The van der Waals surface area contributed by atoms with Gasteiger partial charge in [-0.2, -0.15) is 0 Å². The number of rotatable bonds is 10. The molecular weight excluding hydrogens is 438 g/mol. The van der Waals surface area contributed by atoms with E-state index in [9.17, 15) is 9.90 Å². The van der Waals surface area contributed by atoms with E-state index in [1.807, 2.05) is 36.6 Å². The maximum Gasteiger partial charge on any atom is 0.260 e. The van der Waals surface area contributed by atoms with E-state index in [0.717, 1.165) is 29.7 Å². The van der Waals surface area contributed by atoms with Gasteiger partial charge in [-0.1, -0.05) is 37.5 Å². The lowest BCUT2D eigenvalue weighted by Gasteiger charge is -2.35. The lowest BCUT2D eigenvalue weighted by molar-refractivity contribution is 0.00493. The van der Waals surface area contributed by atoms with Gasteiger partial charge in [0, 0.05) is 35.7 Å². The van der Waals surface area contributed by atoms with E-state index in [1.54, 1.807) is 7.11 Å². The number of hydrogen-bond acceptors (Lipinski definition) is 7. The molecule has 2 N–H and O–H groups in total. The number of aromatic amines is 1. The van der Waals surface area contributed by atoms with Gasteiger partial charge in [0.25, 0.3) is 5.56 Å². The molecule has 2 heterocycles. The van der Waals surface area contributed by atoms with Crippen molar-refractivity contribution in [2.75, 3.05) is 26.9 Å². The molecule has 0 bridgehead atoms. The maximum atomic E-state index is 13.2. The summed E-state index contributed by atoms with van der Waals surface area (Å²) in [6, 6.07) is 8.08. The Morgan fingerprint density at radius 1 is 1.24 bits per heavy atom. The van der Waals surface area contributed by atoms with Gasteiger partial charge in [-0.25, -0.2) is 4.98 Å². The molecule has 1 saturated carbocycles. The van der Waals surface area contributed by atoms with Crippen LogP contribution in [-0.4, -0.2) is 59.0 Å². The molecule has 178 valence electrons. The quantitative estimate of drug-likeness (QED) is 0.461. The third-order valence-electron chi connectivity index (χ3n) is 6.29. The fourth-order valence-corrected chi connectivity index (χ4v) is 5.65. The highest BCUT2D eigenvalue weighted by atomic mass is 32.1. The van der Waals surface area contributed by atoms with Crippen LogP contribution < -0.4 is 10.3 Å². The number of ether oxygens (including phenoxy) is 2. The van der Waals surface area contributed by atoms with Crippen LogP contribution in [0.15, 0.2) is 34.4 Å². The second kappa shape index (κ2) is 11.2. The van der Waals surface area contributed by atoms with Crippen molar-refractivity contribution >= 4 is 21.6 Å². The summed E-state index contributed by atoms with van der Waals surface area (Å²) in [4.78, 5) is 24.0. The minimum absolute atomic E-state index is 0.143. The highest BCUT2D eigenvalue weighted by Crippen LogP contribution is 2.36. The molecule has 1 aliphatic rings. The van der Waals surface area contributed by atoms with E-state index in [1.165, 1.54) is 30.6 Å². The summed E-state index contributed by atoms with van der Waals surface area (Å²) in [5.41, 5.74) is 1.58. The van der Waals surface area contributed by atoms with Gasteiger partial charge in [0.05, 0.1) is 31.8 Å². The van der Waals surface area contributed by atoms with E-state index >= 15 is 0 Å². The van der Waals surface area contributed by atoms with Crippen molar-refractivity contribution < 1.29 is 14.6 Å². The maximum absolute atomic E-state index is 13.2. The minimum atomic E-state index is -0.568. The third-order valence-corrected chi connectivity index (χ3v) is 7.17. The minimum Gasteiger partial charge on any atom is -0.496 e. The van der Waals surface area contributed by atoms with Gasteiger partial charge in [0.1, 0.15) is 16.4 Å². The number of thiophene rings is 1. The van der Waals surface area contributed by atoms with Crippen LogP contribution in [0.3, 0.4) is 0 Å². The lowest BCUT2D eigenvalue weighted by atomic mass is 9.94. The third kappa shape index (κ3) is 5.63. The van der Waals surface area contributed by atoms with Gasteiger partial charge in [-0.05, 0) is 25.8 Å². The molecule has 2 aromatic heterocycles. The number of nitrogens with zero attached hydrogens (tertiary/aromatic N) is 2. The van der Waals surface area contributed by atoms with Crippen LogP contribution in [0.2, 0.25) is 0 Å². The van der Waals surface area contributed by atoms with Crippen LogP contribution >= 0.6 is 11.3 Å². The molecule has 33 heavy (non-hydrogen) atoms. The Labute approximate surface area is 198 Å². The first-order chi connectivity index (χ1) is 16.1. The molecule has 8 heteroatoms. The van der Waals surface area contributed by atoms with Gasteiger partial charge in [0.2, 0.25) is 0 Å². The van der Waals surface area contributed by atoms with Crippen LogP contribution in [0.1, 0.15) is 44.9 Å². The average molecular weight is 472 g/mol. The number of nitrogens with one attached hydrogen (secondary N) is 1. The molecule has 1 aromatic carbocycles. The number of aliphatic hydroxyl groups excluding tert-OH is 1. The summed E-state index contributed by atoms with van der Waals surface area (Å²) in [5, 5.41) is 13.1. The Hall–Kier alpha value is -2.26. The summed E-state index contributed by atoms with van der Waals surface area (Å²) in [7, 11) is 1.63. The summed E-state index contributed by atoms with van der Waals surface area (Å²) in [6.07, 6.45) is 5.28. The Kier molecular flexibility index (Phi) is 8.14. The lowest BCUT2D eigenvalue weighted by Crippen LogP contribution is -2.43. The Balaban J connectivity index is 1.62. The summed E-state index contributed by atoms with van der Waals surface area (Å²) in [6.45, 7) is 3.83. The molecule has 3 aromatic rings. The Morgan fingerprint density at radius 2 is 2.03 bits per heavy atom. The first kappa shape index (κ1) is 23.9. The number of aromatic nitrogens is 2. The zero-order chi connectivity index (χ0) is 23.2. The van der Waals surface area contributed by atoms with Crippen LogP contribution in [0.25, 0.3) is 21.3 Å². The van der Waals surface area contributed by atoms with Crippen LogP contribution in [0.5, 0.6) is 5.75 Å². The molecule has 0 radical (unpaired) electrons. The van der Waals surface area contributed by atoms with Crippen LogP contribution in [0.4, 0.5) is 0 Å². The van der Waals surface area contributed by atoms with Gasteiger partial charge in [-0.3, -0.25) is 9.69 Å². The summed E-state index contributed by atoms with van der Waals surface area (Å²) >= 11 is 1.47. The second-order valence-corrected chi connectivity index (χ2v) is 9.44. The van der Waals surface area contributed by atoms with Gasteiger partial charge < -0.3 is 19.6 Å². The zero-order valence-electron chi connectivity index (χ0n) is 19.4. The fourth-order valence-electron chi connectivity index (χ4n) is 4.69. The van der Waals surface area contributed by atoms with Crippen molar-refractivity contribution in [3.63, 3.8) is 0 Å².